The standard InChI is InChI=1S/C16H11ClN2O4/c1-9-4-14-11(6-12(9)17)10(5-15(20)23-14)8-22-16(21)13-7-18-2-3-19-13/h2-7H,8H2,1H3. The van der Waals surface area contributed by atoms with E-state index in [1.165, 1.54) is 24.7 Å². The lowest BCUT2D eigenvalue weighted by molar-refractivity contribution is 0.0466. The molecule has 0 spiro atoms. The number of benzene rings is 1. The molecule has 0 aliphatic carbocycles. The number of aryl methyl sites for hydroxylation is 1. The number of fused-ring (bicyclic) bond motifs is 1. The molecule has 0 N–H and O–H groups in total. The van der Waals surface area contributed by atoms with Crippen molar-refractivity contribution in [1.82, 2.24) is 9.97 Å². The van der Waals surface area contributed by atoms with E-state index in [4.69, 9.17) is 20.8 Å². The fourth-order valence-corrected chi connectivity index (χ4v) is 2.25. The summed E-state index contributed by atoms with van der Waals surface area (Å²) in [5.74, 6) is -0.627. The van der Waals surface area contributed by atoms with Gasteiger partial charge in [-0.05, 0) is 24.6 Å². The molecule has 0 unspecified atom stereocenters. The van der Waals surface area contributed by atoms with Crippen molar-refractivity contribution >= 4 is 28.5 Å². The maximum absolute atomic E-state index is 11.9. The average Bonchev–Trinajstić information content (AvgIpc) is 2.55. The molecule has 0 fully saturated rings. The lowest BCUT2D eigenvalue weighted by Gasteiger charge is -2.08. The van der Waals surface area contributed by atoms with Crippen LogP contribution < -0.4 is 5.63 Å². The number of hydrogen-bond acceptors (Lipinski definition) is 6. The first-order valence-corrected chi connectivity index (χ1v) is 7.08. The van der Waals surface area contributed by atoms with Gasteiger partial charge in [0.1, 0.15) is 12.2 Å². The number of carbonyl (C=O) groups excluding carboxylic acids is 1. The Balaban J connectivity index is 1.92. The van der Waals surface area contributed by atoms with E-state index in [9.17, 15) is 9.59 Å². The first-order valence-electron chi connectivity index (χ1n) is 6.70. The normalized spacial score (nSPS) is 10.7. The number of ether oxygens (including phenoxy) is 1. The first-order chi connectivity index (χ1) is 11.0. The zero-order chi connectivity index (χ0) is 16.4. The molecule has 0 aliphatic rings. The van der Waals surface area contributed by atoms with E-state index in [-0.39, 0.29) is 12.3 Å². The van der Waals surface area contributed by atoms with E-state index in [0.717, 1.165) is 5.56 Å². The monoisotopic (exact) mass is 330 g/mol. The Morgan fingerprint density at radius 2 is 2.13 bits per heavy atom. The van der Waals surface area contributed by atoms with Crippen LogP contribution in [0, 0.1) is 6.92 Å². The summed E-state index contributed by atoms with van der Waals surface area (Å²) in [4.78, 5) is 31.2. The molecule has 0 saturated heterocycles. The lowest BCUT2D eigenvalue weighted by atomic mass is 10.1. The molecule has 116 valence electrons. The van der Waals surface area contributed by atoms with Crippen LogP contribution in [-0.2, 0) is 11.3 Å². The number of rotatable bonds is 3. The third kappa shape index (κ3) is 3.22. The molecular weight excluding hydrogens is 320 g/mol. The van der Waals surface area contributed by atoms with E-state index >= 15 is 0 Å². The Labute approximate surface area is 135 Å². The number of aromatic nitrogens is 2. The highest BCUT2D eigenvalue weighted by atomic mass is 35.5. The van der Waals surface area contributed by atoms with Crippen molar-refractivity contribution in [1.29, 1.82) is 0 Å². The van der Waals surface area contributed by atoms with Gasteiger partial charge in [0.25, 0.3) is 0 Å². The molecular formula is C16H11ClN2O4. The first kappa shape index (κ1) is 15.2. The summed E-state index contributed by atoms with van der Waals surface area (Å²) in [6.07, 6.45) is 4.16. The minimum Gasteiger partial charge on any atom is -0.456 e. The van der Waals surface area contributed by atoms with Crippen molar-refractivity contribution in [2.24, 2.45) is 0 Å². The Morgan fingerprint density at radius 3 is 2.87 bits per heavy atom. The van der Waals surface area contributed by atoms with E-state index in [1.807, 2.05) is 6.92 Å². The second-order valence-electron chi connectivity index (χ2n) is 4.86. The minimum atomic E-state index is -0.627. The Bertz CT molecular complexity index is 938. The molecule has 6 nitrogen and oxygen atoms in total. The van der Waals surface area contributed by atoms with Gasteiger partial charge in [0, 0.05) is 34.4 Å². The van der Waals surface area contributed by atoms with Gasteiger partial charge in [-0.1, -0.05) is 11.6 Å². The zero-order valence-electron chi connectivity index (χ0n) is 12.1. The average molecular weight is 331 g/mol. The van der Waals surface area contributed by atoms with Crippen LogP contribution in [0.4, 0.5) is 0 Å². The summed E-state index contributed by atoms with van der Waals surface area (Å²) < 4.78 is 10.3. The van der Waals surface area contributed by atoms with Crippen molar-refractivity contribution in [3.63, 3.8) is 0 Å². The highest BCUT2D eigenvalue weighted by Gasteiger charge is 2.13. The van der Waals surface area contributed by atoms with Crippen molar-refractivity contribution < 1.29 is 13.9 Å². The zero-order valence-corrected chi connectivity index (χ0v) is 12.8. The van der Waals surface area contributed by atoms with Gasteiger partial charge in [-0.15, -0.1) is 0 Å². The highest BCUT2D eigenvalue weighted by Crippen LogP contribution is 2.25. The number of carbonyl (C=O) groups is 1. The largest absolute Gasteiger partial charge is 0.456 e. The maximum Gasteiger partial charge on any atom is 0.358 e. The Hall–Kier alpha value is -2.73. The SMILES string of the molecule is Cc1cc2oc(=O)cc(COC(=O)c3cnccn3)c2cc1Cl. The lowest BCUT2D eigenvalue weighted by Crippen LogP contribution is -2.09. The predicted molar refractivity (Wildman–Crippen MR) is 83.4 cm³/mol. The van der Waals surface area contributed by atoms with Crippen LogP contribution >= 0.6 is 11.6 Å². The van der Waals surface area contributed by atoms with Gasteiger partial charge < -0.3 is 9.15 Å². The molecule has 3 rings (SSSR count). The summed E-state index contributed by atoms with van der Waals surface area (Å²) in [7, 11) is 0. The van der Waals surface area contributed by atoms with E-state index < -0.39 is 11.6 Å². The number of nitrogens with zero attached hydrogens (tertiary/aromatic N) is 2. The van der Waals surface area contributed by atoms with Crippen molar-refractivity contribution in [2.45, 2.75) is 13.5 Å². The quantitative estimate of drug-likeness (QED) is 0.542. The molecule has 0 atom stereocenters. The molecule has 2 aromatic heterocycles. The smallest absolute Gasteiger partial charge is 0.358 e. The van der Waals surface area contributed by atoms with Crippen LogP contribution in [0.2, 0.25) is 5.02 Å². The van der Waals surface area contributed by atoms with Crippen molar-refractivity contribution in [3.8, 4) is 0 Å². The van der Waals surface area contributed by atoms with Gasteiger partial charge in [0.15, 0.2) is 5.69 Å². The van der Waals surface area contributed by atoms with Crippen LogP contribution in [0.3, 0.4) is 0 Å². The van der Waals surface area contributed by atoms with Gasteiger partial charge in [-0.3, -0.25) is 4.98 Å². The summed E-state index contributed by atoms with van der Waals surface area (Å²) >= 11 is 6.11. The van der Waals surface area contributed by atoms with Gasteiger partial charge in [0.2, 0.25) is 0 Å². The van der Waals surface area contributed by atoms with Crippen LogP contribution in [0.5, 0.6) is 0 Å². The van der Waals surface area contributed by atoms with Gasteiger partial charge >= 0.3 is 11.6 Å². The summed E-state index contributed by atoms with van der Waals surface area (Å²) in [5.41, 5.74) is 1.26. The third-order valence-corrected chi connectivity index (χ3v) is 3.65. The minimum absolute atomic E-state index is 0.0913. The Kier molecular flexibility index (Phi) is 4.08. The molecule has 23 heavy (non-hydrogen) atoms. The van der Waals surface area contributed by atoms with Crippen LogP contribution in [-0.4, -0.2) is 15.9 Å². The molecule has 7 heteroatoms. The number of esters is 1. The van der Waals surface area contributed by atoms with Crippen LogP contribution in [0.1, 0.15) is 21.6 Å². The van der Waals surface area contributed by atoms with Gasteiger partial charge in [-0.2, -0.15) is 0 Å². The molecule has 2 heterocycles. The summed E-state index contributed by atoms with van der Waals surface area (Å²) in [6.45, 7) is 1.71. The third-order valence-electron chi connectivity index (χ3n) is 3.24. The molecule has 0 saturated carbocycles. The summed E-state index contributed by atoms with van der Waals surface area (Å²) in [5, 5.41) is 1.15. The van der Waals surface area contributed by atoms with E-state index in [2.05, 4.69) is 9.97 Å². The fourth-order valence-electron chi connectivity index (χ4n) is 2.09. The topological polar surface area (TPSA) is 82.3 Å². The second kappa shape index (κ2) is 6.18. The van der Waals surface area contributed by atoms with Crippen LogP contribution in [0.25, 0.3) is 11.0 Å². The number of hydrogen-bond donors (Lipinski definition) is 0. The van der Waals surface area contributed by atoms with Crippen LogP contribution in [0.15, 0.2) is 46.0 Å². The molecule has 0 bridgehead atoms. The number of halogens is 1. The van der Waals surface area contributed by atoms with Crippen molar-refractivity contribution in [3.05, 3.63) is 69.1 Å². The van der Waals surface area contributed by atoms with E-state index in [1.54, 1.807) is 12.1 Å². The fraction of sp³-hybridized carbons (Fsp3) is 0.125. The molecule has 1 aromatic carbocycles. The molecule has 0 aliphatic heterocycles. The molecule has 0 amide bonds. The molecule has 3 aromatic rings. The highest BCUT2D eigenvalue weighted by molar-refractivity contribution is 6.32. The van der Waals surface area contributed by atoms with Gasteiger partial charge in [-0.25, -0.2) is 14.6 Å². The molecule has 0 radical (unpaired) electrons. The van der Waals surface area contributed by atoms with Gasteiger partial charge in [0.05, 0.1) is 6.20 Å². The predicted octanol–water partition coefficient (Wildman–Crippen LogP) is 2.90. The Morgan fingerprint density at radius 1 is 1.30 bits per heavy atom. The second-order valence-corrected chi connectivity index (χ2v) is 5.26. The van der Waals surface area contributed by atoms with E-state index in [0.29, 0.717) is 21.6 Å². The summed E-state index contributed by atoms with van der Waals surface area (Å²) in [6, 6.07) is 4.63. The maximum atomic E-state index is 11.9. The van der Waals surface area contributed by atoms with Crippen molar-refractivity contribution in [2.75, 3.05) is 0 Å².